The first-order chi connectivity index (χ1) is 17.3. The molecule has 1 amide bonds. The van der Waals surface area contributed by atoms with Gasteiger partial charge in [-0.05, 0) is 43.7 Å². The van der Waals surface area contributed by atoms with Gasteiger partial charge in [0.05, 0.1) is 6.54 Å². The molecule has 1 aliphatic heterocycles. The summed E-state index contributed by atoms with van der Waals surface area (Å²) in [6.07, 6.45) is 1.29. The van der Waals surface area contributed by atoms with Crippen molar-refractivity contribution in [2.45, 2.75) is 33.4 Å². The smallest absolute Gasteiger partial charge is 0.355 e. The van der Waals surface area contributed by atoms with Crippen molar-refractivity contribution in [3.05, 3.63) is 88.9 Å². The topological polar surface area (TPSA) is 95.9 Å². The second-order valence-electron chi connectivity index (χ2n) is 8.54. The van der Waals surface area contributed by atoms with Crippen LogP contribution in [0.4, 0.5) is 0 Å². The third-order valence-electron chi connectivity index (χ3n) is 5.80. The summed E-state index contributed by atoms with van der Waals surface area (Å²) >= 11 is 0. The van der Waals surface area contributed by atoms with Gasteiger partial charge in [-0.3, -0.25) is 9.59 Å². The number of nitrogens with one attached hydrogen (secondary N) is 1. The Morgan fingerprint density at radius 3 is 2.47 bits per heavy atom. The van der Waals surface area contributed by atoms with E-state index in [-0.39, 0.29) is 17.6 Å². The van der Waals surface area contributed by atoms with Crippen molar-refractivity contribution in [2.75, 3.05) is 13.2 Å². The third-order valence-corrected chi connectivity index (χ3v) is 5.80. The highest BCUT2D eigenvalue weighted by molar-refractivity contribution is 6.02. The second kappa shape index (κ2) is 10.9. The highest BCUT2D eigenvalue weighted by Gasteiger charge is 2.24. The molecule has 1 aliphatic rings. The quantitative estimate of drug-likeness (QED) is 0.294. The molecule has 1 atom stereocenters. The predicted octanol–water partition coefficient (Wildman–Crippen LogP) is 3.85. The van der Waals surface area contributed by atoms with Crippen molar-refractivity contribution >= 4 is 23.7 Å². The van der Waals surface area contributed by atoms with Gasteiger partial charge in [-0.2, -0.15) is 0 Å². The van der Waals surface area contributed by atoms with Crippen molar-refractivity contribution in [2.24, 2.45) is 0 Å². The summed E-state index contributed by atoms with van der Waals surface area (Å²) in [7, 11) is 0. The van der Waals surface area contributed by atoms with E-state index in [1.165, 1.54) is 13.0 Å². The highest BCUT2D eigenvalue weighted by Crippen LogP contribution is 2.31. The maximum Gasteiger partial charge on any atom is 0.355 e. The molecule has 0 aliphatic carbocycles. The lowest BCUT2D eigenvalue weighted by atomic mass is 10.1. The Hall–Kier alpha value is -4.33. The van der Waals surface area contributed by atoms with E-state index in [0.717, 1.165) is 11.4 Å². The number of amides is 1. The number of carbonyl (C=O) groups excluding carboxylic acids is 3. The van der Waals surface area contributed by atoms with Crippen molar-refractivity contribution in [3.8, 4) is 11.5 Å². The summed E-state index contributed by atoms with van der Waals surface area (Å²) in [5.74, 6) is -0.135. The molecule has 0 saturated carbocycles. The fourth-order valence-corrected chi connectivity index (χ4v) is 4.06. The Kier molecular flexibility index (Phi) is 7.53. The number of aromatic nitrogens is 1. The molecule has 0 fully saturated rings. The molecule has 1 aromatic heterocycles. The molecular weight excluding hydrogens is 460 g/mol. The Balaban J connectivity index is 1.42. The summed E-state index contributed by atoms with van der Waals surface area (Å²) in [6, 6.07) is 18.3. The van der Waals surface area contributed by atoms with Crippen LogP contribution in [-0.4, -0.2) is 41.5 Å². The van der Waals surface area contributed by atoms with E-state index in [9.17, 15) is 14.4 Å². The highest BCUT2D eigenvalue weighted by atomic mass is 16.6. The van der Waals surface area contributed by atoms with Gasteiger partial charge in [0.1, 0.15) is 12.3 Å². The lowest BCUT2D eigenvalue weighted by Crippen LogP contribution is -2.33. The van der Waals surface area contributed by atoms with Crippen LogP contribution in [0.25, 0.3) is 6.08 Å². The number of ether oxygens (including phenoxy) is 3. The van der Waals surface area contributed by atoms with Crippen LogP contribution in [0.3, 0.4) is 0 Å². The van der Waals surface area contributed by atoms with Gasteiger partial charge in [0.25, 0.3) is 0 Å². The van der Waals surface area contributed by atoms with Gasteiger partial charge >= 0.3 is 5.97 Å². The van der Waals surface area contributed by atoms with Gasteiger partial charge in [0.15, 0.2) is 24.2 Å². The van der Waals surface area contributed by atoms with E-state index in [0.29, 0.717) is 35.8 Å². The second-order valence-corrected chi connectivity index (χ2v) is 8.54. The molecule has 0 saturated heterocycles. The number of benzene rings is 2. The average Bonchev–Trinajstić information content (AvgIpc) is 3.15. The zero-order valence-electron chi connectivity index (χ0n) is 20.4. The summed E-state index contributed by atoms with van der Waals surface area (Å²) < 4.78 is 19.1. The number of carbonyl (C=O) groups is 3. The van der Waals surface area contributed by atoms with Crippen molar-refractivity contribution in [1.82, 2.24) is 9.88 Å². The molecule has 0 bridgehead atoms. The summed E-state index contributed by atoms with van der Waals surface area (Å²) in [4.78, 5) is 37.2. The molecule has 36 heavy (non-hydrogen) atoms. The van der Waals surface area contributed by atoms with E-state index in [4.69, 9.17) is 14.2 Å². The number of hydrogen-bond donors (Lipinski definition) is 1. The predicted molar refractivity (Wildman–Crippen MR) is 134 cm³/mol. The molecular formula is C28H28N2O6. The van der Waals surface area contributed by atoms with E-state index in [1.807, 2.05) is 60.9 Å². The van der Waals surface area contributed by atoms with Crippen LogP contribution in [0.1, 0.15) is 34.2 Å². The van der Waals surface area contributed by atoms with Crippen LogP contribution >= 0.6 is 0 Å². The van der Waals surface area contributed by atoms with Crippen molar-refractivity contribution in [1.29, 1.82) is 0 Å². The Labute approximate surface area is 209 Å². The molecule has 8 nitrogen and oxygen atoms in total. The number of hydrogen-bond acceptors (Lipinski definition) is 6. The van der Waals surface area contributed by atoms with Crippen LogP contribution in [0.5, 0.6) is 11.5 Å². The minimum atomic E-state index is -0.789. The lowest BCUT2D eigenvalue weighted by Gasteiger charge is -2.27. The monoisotopic (exact) mass is 488 g/mol. The van der Waals surface area contributed by atoms with Crippen LogP contribution in [0.15, 0.2) is 66.4 Å². The third kappa shape index (κ3) is 5.83. The molecule has 186 valence electrons. The maximum absolute atomic E-state index is 12.9. The Morgan fingerprint density at radius 1 is 1.06 bits per heavy atom. The minimum absolute atomic E-state index is 0.0401. The number of Topliss-reactive ketones (excluding diaryl/α,β-unsaturated/α-hetero) is 1. The van der Waals surface area contributed by atoms with Crippen LogP contribution in [-0.2, 0) is 20.9 Å². The minimum Gasteiger partial charge on any atom is -0.486 e. The number of para-hydroxylation sites is 2. The summed E-state index contributed by atoms with van der Waals surface area (Å²) in [5.41, 5.74) is 2.77. The van der Waals surface area contributed by atoms with Gasteiger partial charge < -0.3 is 24.1 Å². The molecule has 1 unspecified atom stereocenters. The number of rotatable bonds is 8. The number of fused-ring (bicyclic) bond motifs is 1. The van der Waals surface area contributed by atoms with Gasteiger partial charge in [-0.1, -0.05) is 42.5 Å². The van der Waals surface area contributed by atoms with Crippen LogP contribution < -0.4 is 14.8 Å². The van der Waals surface area contributed by atoms with E-state index < -0.39 is 18.5 Å². The molecule has 2 aromatic carbocycles. The standard InChI is InChI=1S/C28H28N2O6/c1-18-13-23(19(2)30(18)15-22-16-34-26-11-7-8-12-27(26)36-22)25(32)17-35-28(33)24(29-20(3)31)14-21-9-5-4-6-10-21/h4-14,22H,15-17H2,1-3H3,(H,29,31)/b24-14-. The molecule has 1 N–H and O–H groups in total. The molecule has 0 spiro atoms. The first-order valence-electron chi connectivity index (χ1n) is 11.6. The molecule has 3 aromatic rings. The first kappa shape index (κ1) is 24.8. The first-order valence-corrected chi connectivity index (χ1v) is 11.6. The SMILES string of the molecule is CC(=O)N/C(=C\c1ccccc1)C(=O)OCC(=O)c1cc(C)n(CC2COc3ccccc3O2)c1C. The largest absolute Gasteiger partial charge is 0.486 e. The molecule has 8 heteroatoms. The van der Waals surface area contributed by atoms with E-state index in [1.54, 1.807) is 18.2 Å². The fraction of sp³-hybridized carbons (Fsp3) is 0.250. The van der Waals surface area contributed by atoms with Gasteiger partial charge in [0.2, 0.25) is 11.7 Å². The normalized spacial score (nSPS) is 14.8. The van der Waals surface area contributed by atoms with Crippen molar-refractivity contribution < 1.29 is 28.6 Å². The Bertz CT molecular complexity index is 1310. The lowest BCUT2D eigenvalue weighted by molar-refractivity contribution is -0.139. The van der Waals surface area contributed by atoms with E-state index in [2.05, 4.69) is 5.32 Å². The summed E-state index contributed by atoms with van der Waals surface area (Å²) in [5, 5.41) is 2.48. The zero-order chi connectivity index (χ0) is 25.7. The maximum atomic E-state index is 12.9. The number of esters is 1. The van der Waals surface area contributed by atoms with Gasteiger partial charge in [-0.15, -0.1) is 0 Å². The molecule has 2 heterocycles. The average molecular weight is 489 g/mol. The fourth-order valence-electron chi connectivity index (χ4n) is 4.06. The van der Waals surface area contributed by atoms with Crippen LogP contribution in [0, 0.1) is 13.8 Å². The number of nitrogens with zero attached hydrogens (tertiary/aromatic N) is 1. The van der Waals surface area contributed by atoms with Gasteiger partial charge in [0, 0.05) is 23.9 Å². The number of ketones is 1. The zero-order valence-corrected chi connectivity index (χ0v) is 20.4. The molecule has 0 radical (unpaired) electrons. The van der Waals surface area contributed by atoms with Gasteiger partial charge in [-0.25, -0.2) is 4.79 Å². The number of aryl methyl sites for hydroxylation is 1. The molecule has 4 rings (SSSR count). The van der Waals surface area contributed by atoms with E-state index >= 15 is 0 Å². The Morgan fingerprint density at radius 2 is 1.75 bits per heavy atom. The summed E-state index contributed by atoms with van der Waals surface area (Å²) in [6.45, 7) is 5.50. The van der Waals surface area contributed by atoms with Crippen LogP contribution in [0.2, 0.25) is 0 Å². The van der Waals surface area contributed by atoms with Crippen molar-refractivity contribution in [3.63, 3.8) is 0 Å².